The van der Waals surface area contributed by atoms with Crippen molar-refractivity contribution in [3.8, 4) is 36.2 Å². The fraction of sp³-hybridized carbons (Fsp3) is 0.678. The number of aliphatic hydroxyl groups is 2. The van der Waals surface area contributed by atoms with E-state index in [1.54, 1.807) is 36.3 Å². The molecule has 0 radical (unpaired) electrons. The first-order valence-electron chi connectivity index (χ1n) is 43.1. The second-order valence-electron chi connectivity index (χ2n) is 36.1. The van der Waals surface area contributed by atoms with E-state index in [1.165, 1.54) is 96.3 Å². The van der Waals surface area contributed by atoms with Crippen molar-refractivity contribution in [3.05, 3.63) is 152 Å². The minimum Gasteiger partial charge on any atom is -0.494 e. The zero-order valence-corrected chi connectivity index (χ0v) is 78.9. The van der Waals surface area contributed by atoms with E-state index in [2.05, 4.69) is 194 Å². The van der Waals surface area contributed by atoms with Crippen LogP contribution in [0.15, 0.2) is 95.9 Å². The van der Waals surface area contributed by atoms with Crippen LogP contribution in [-0.2, 0) is 73.3 Å². The second kappa shape index (κ2) is 59.8. The predicted molar refractivity (Wildman–Crippen MR) is 486 cm³/mol. The molecule has 1 unspecified atom stereocenters. The third kappa shape index (κ3) is 53.8. The minimum atomic E-state index is -0.500. The van der Waals surface area contributed by atoms with Gasteiger partial charge in [0.1, 0.15) is 29.0 Å². The molecule has 2 aromatic carbocycles. The van der Waals surface area contributed by atoms with Crippen molar-refractivity contribution in [2.45, 2.75) is 360 Å². The van der Waals surface area contributed by atoms with Gasteiger partial charge in [-0.1, -0.05) is 209 Å². The van der Waals surface area contributed by atoms with Gasteiger partial charge < -0.3 is 24.4 Å². The number of unbranched alkanes of at least 4 members (excludes halogenated alkanes) is 15. The van der Waals surface area contributed by atoms with Crippen molar-refractivity contribution in [1.82, 2.24) is 99.8 Å². The maximum Gasteiger partial charge on any atom is 0.171 e. The third-order valence-electron chi connectivity index (χ3n) is 17.2. The smallest absolute Gasteiger partial charge is 0.171 e. The number of ether oxygens (including phenoxy) is 3. The fourth-order valence-electron chi connectivity index (χ4n) is 10.5. The van der Waals surface area contributed by atoms with Gasteiger partial charge >= 0.3 is 0 Å². The number of nitrogens with zero attached hydrogens (tertiary/aromatic N) is 26. The standard InChI is InChI=1S/C18H30O2.C17H27N3O.C16H25N7.C14H21N7.C10H19N3O.C7H11N3O.C4H9N3.C4H10O/c1-2-3-4-5-6-7-8-9-10-15-20-18-13-11-17(16-19)12-14-18;1-2-3-4-5-6-7-8-9-14-21-17-12-10-16(11-13-17)15-19-20-18;1-7-8-21(9-14-11-22(13(2)3)19-17-14)10-15-12-23(20-18-15)16(4,5)6;1-6-7-20(9-12-8-19(5)17-15-12)10-13-11-21(18-16-13)14(2,3)4;1-6-14-8(2)9-7-13(12-11-9)10(3,4)5;1-7(2,3)10-4-6(5-11)8-9-10;1-4(2,3)6-7-5;1-4(2,3)5/h11-14,19H,2-10,15-16H2,1H3;10-13H,2-9,14-15H2,1H3;1,11-13H,8-10H2,2-6H3;1,8,11H,7,9-10H2,2-5H3;7-8H,6H2,1-5H3;4-5H,1-3H3;1-3H3;5H,1-3H3. The number of carbonyl (C=O) groups excluding carboxylic acids is 1. The first kappa shape index (κ1) is 110. The monoisotopic (exact) mass is 1690 g/mol. The number of aldehydes is 1. The van der Waals surface area contributed by atoms with Gasteiger partial charge in [0, 0.05) is 67.4 Å². The van der Waals surface area contributed by atoms with Gasteiger partial charge in [-0.05, 0) is 191 Å². The minimum absolute atomic E-state index is 0.0167. The van der Waals surface area contributed by atoms with Crippen LogP contribution in [0.1, 0.15) is 338 Å². The van der Waals surface area contributed by atoms with Crippen LogP contribution in [0.3, 0.4) is 0 Å². The normalized spacial score (nSPS) is 11.6. The van der Waals surface area contributed by atoms with Crippen LogP contribution in [-0.4, -0.2) is 160 Å². The molecular formula is C90H152N26O6. The number of terminal acetylenes is 2. The van der Waals surface area contributed by atoms with E-state index in [0.29, 0.717) is 70.4 Å². The highest BCUT2D eigenvalue weighted by Crippen LogP contribution is 2.22. The lowest BCUT2D eigenvalue weighted by molar-refractivity contribution is 0.0732. The molecule has 6 aromatic heterocycles. The van der Waals surface area contributed by atoms with Gasteiger partial charge in [0.25, 0.3) is 0 Å². The number of aryl methyl sites for hydroxylation is 1. The van der Waals surface area contributed by atoms with E-state index in [9.17, 15) is 4.79 Å². The Morgan fingerprint density at radius 1 is 0.492 bits per heavy atom. The van der Waals surface area contributed by atoms with Crippen LogP contribution in [0, 0.1) is 24.7 Å². The van der Waals surface area contributed by atoms with Crippen LogP contribution in [0.2, 0.25) is 0 Å². The Kier molecular flexibility index (Phi) is 53.9. The average Bonchev–Trinajstić information content (AvgIpc) is 1.72. The van der Waals surface area contributed by atoms with Crippen molar-refractivity contribution >= 4 is 6.29 Å². The number of rotatable bonds is 39. The summed E-state index contributed by atoms with van der Waals surface area (Å²) >= 11 is 0. The van der Waals surface area contributed by atoms with Crippen molar-refractivity contribution < 1.29 is 29.2 Å². The van der Waals surface area contributed by atoms with Gasteiger partial charge in [-0.25, -0.2) is 23.4 Å². The van der Waals surface area contributed by atoms with E-state index in [1.807, 2.05) is 161 Å². The largest absolute Gasteiger partial charge is 0.494 e. The summed E-state index contributed by atoms with van der Waals surface area (Å²) in [7, 11) is 1.84. The zero-order valence-electron chi connectivity index (χ0n) is 78.9. The summed E-state index contributed by atoms with van der Waals surface area (Å²) in [6.45, 7) is 54.6. The molecule has 2 N–H and O–H groups in total. The summed E-state index contributed by atoms with van der Waals surface area (Å²) < 4.78 is 27.6. The van der Waals surface area contributed by atoms with Crippen molar-refractivity contribution in [2.75, 3.05) is 32.9 Å². The van der Waals surface area contributed by atoms with E-state index in [4.69, 9.17) is 48.3 Å². The number of aromatic nitrogens is 18. The molecule has 122 heavy (non-hydrogen) atoms. The van der Waals surface area contributed by atoms with E-state index in [0.717, 1.165) is 77.2 Å². The lowest BCUT2D eigenvalue weighted by Crippen LogP contribution is -2.24. The highest BCUT2D eigenvalue weighted by Gasteiger charge is 2.21. The van der Waals surface area contributed by atoms with Gasteiger partial charge in [0.05, 0.1) is 121 Å². The van der Waals surface area contributed by atoms with E-state index >= 15 is 0 Å². The molecule has 6 heterocycles. The van der Waals surface area contributed by atoms with Crippen LogP contribution < -0.4 is 9.47 Å². The zero-order chi connectivity index (χ0) is 91.8. The highest BCUT2D eigenvalue weighted by molar-refractivity contribution is 5.70. The fourth-order valence-corrected chi connectivity index (χ4v) is 10.5. The van der Waals surface area contributed by atoms with Gasteiger partial charge in [0.15, 0.2) is 6.29 Å². The lowest BCUT2D eigenvalue weighted by Gasteiger charge is -2.18. The first-order chi connectivity index (χ1) is 57.4. The summed E-state index contributed by atoms with van der Waals surface area (Å²) in [5.41, 5.74) is 21.9. The summed E-state index contributed by atoms with van der Waals surface area (Å²) in [5.74, 6) is 7.15. The molecule has 0 bridgehead atoms. The van der Waals surface area contributed by atoms with Crippen LogP contribution >= 0.6 is 0 Å². The van der Waals surface area contributed by atoms with Crippen LogP contribution in [0.5, 0.6) is 11.5 Å². The molecule has 32 nitrogen and oxygen atoms in total. The van der Waals surface area contributed by atoms with E-state index < -0.39 is 5.60 Å². The van der Waals surface area contributed by atoms with Gasteiger partial charge in [-0.3, -0.25) is 19.3 Å². The molecule has 678 valence electrons. The summed E-state index contributed by atoms with van der Waals surface area (Å²) in [6.07, 6.45) is 45.5. The Morgan fingerprint density at radius 3 is 1.17 bits per heavy atom. The third-order valence-corrected chi connectivity index (χ3v) is 17.2. The molecule has 0 saturated heterocycles. The lowest BCUT2D eigenvalue weighted by atomic mass is 10.1. The summed E-state index contributed by atoms with van der Waals surface area (Å²) in [6, 6.07) is 15.7. The van der Waals surface area contributed by atoms with Crippen LogP contribution in [0.4, 0.5) is 0 Å². The summed E-state index contributed by atoms with van der Waals surface area (Å²) in [4.78, 5) is 19.8. The molecule has 0 amide bonds. The molecule has 0 aliphatic rings. The topological polar surface area (TPSA) is 373 Å². The average molecular weight is 1690 g/mol. The number of azide groups is 2. The maximum atomic E-state index is 10.2. The number of aliphatic hydroxyl groups excluding tert-OH is 1. The quantitative estimate of drug-likeness (QED) is 0.00902. The Bertz CT molecular complexity index is 4190. The molecule has 0 aliphatic heterocycles. The Labute approximate surface area is 730 Å². The predicted octanol–water partition coefficient (Wildman–Crippen LogP) is 19.6. The van der Waals surface area contributed by atoms with Crippen LogP contribution in [0.25, 0.3) is 20.9 Å². The van der Waals surface area contributed by atoms with Gasteiger partial charge in [0.2, 0.25) is 0 Å². The molecule has 0 saturated carbocycles. The molecule has 0 fully saturated rings. The maximum absolute atomic E-state index is 10.2. The van der Waals surface area contributed by atoms with Gasteiger partial charge in [-0.15, -0.1) is 43.4 Å². The molecule has 32 heteroatoms. The molecule has 0 aliphatic carbocycles. The Balaban J connectivity index is 0.000000719. The Morgan fingerprint density at radius 2 is 0.861 bits per heavy atom. The number of hydrogen-bond donors (Lipinski definition) is 2. The highest BCUT2D eigenvalue weighted by atomic mass is 16.5. The first-order valence-corrected chi connectivity index (χ1v) is 43.1. The number of benzene rings is 2. The van der Waals surface area contributed by atoms with Crippen molar-refractivity contribution in [3.63, 3.8) is 0 Å². The molecule has 0 spiro atoms. The molecule has 1 atom stereocenters. The molecule has 8 rings (SSSR count). The second-order valence-corrected chi connectivity index (χ2v) is 36.1. The van der Waals surface area contributed by atoms with E-state index in [-0.39, 0.29) is 40.4 Å². The van der Waals surface area contributed by atoms with Crippen molar-refractivity contribution in [1.29, 1.82) is 0 Å². The molecular weight excluding hydrogens is 1540 g/mol. The number of hydrogen-bond acceptors (Lipinski definition) is 22. The molecule has 8 aromatic rings. The van der Waals surface area contributed by atoms with Gasteiger partial charge in [-0.2, -0.15) is 0 Å². The SMILES string of the molecule is C#CCN(Cc1cn(C(C)C)nn1)Cc1cn(C(C)(C)C)nn1.C#CCN(Cc1cn(C)nn1)Cc1cn(C(C)(C)C)nn1.CC(C)(C)N=[N+]=[N-].CC(C)(C)O.CC(C)(C)n1cc(C=O)nn1.CCCCCCCCCCCOc1ccc(CO)cc1.CCCCCCCCCCOc1ccc(CN=[N+]=[N-])cc1.CCOC(C)c1cn(C(C)(C)C)nn1. The Hall–Kier alpha value is -9.91. The number of carbonyl (C=O) groups is 1. The van der Waals surface area contributed by atoms with Crippen molar-refractivity contribution in [2.24, 2.45) is 17.3 Å². The summed E-state index contributed by atoms with van der Waals surface area (Å²) in [5, 5.41) is 73.2.